The highest BCUT2D eigenvalue weighted by Crippen LogP contribution is 2.41. The molecule has 0 spiro atoms. The van der Waals surface area contributed by atoms with E-state index in [1.165, 1.54) is 49.7 Å². The maximum Gasteiger partial charge on any atom is 0.0165 e. The first-order valence-electron chi connectivity index (χ1n) is 18.1. The van der Waals surface area contributed by atoms with E-state index >= 15 is 0 Å². The summed E-state index contributed by atoms with van der Waals surface area (Å²) in [6, 6.07) is 0. The van der Waals surface area contributed by atoms with Crippen LogP contribution in [0.4, 0.5) is 0 Å². The molecular weight excluding hydrogens is 528 g/mol. The van der Waals surface area contributed by atoms with Crippen LogP contribution in [-0.4, -0.2) is 0 Å². The van der Waals surface area contributed by atoms with E-state index in [0.29, 0.717) is 23.7 Å². The summed E-state index contributed by atoms with van der Waals surface area (Å²) >= 11 is 0. The topological polar surface area (TPSA) is 0 Å². The minimum atomic E-state index is 0.0624. The molecule has 250 valence electrons. The molecule has 0 bridgehead atoms. The zero-order chi connectivity index (χ0) is 33.8. The number of rotatable bonds is 22. The molecule has 0 aliphatic rings. The summed E-state index contributed by atoms with van der Waals surface area (Å²) in [5.41, 5.74) is 12.3. The average molecular weight is 603 g/mol. The van der Waals surface area contributed by atoms with Crippen molar-refractivity contribution in [1.29, 1.82) is 0 Å². The lowest BCUT2D eigenvalue weighted by Gasteiger charge is -2.36. The van der Waals surface area contributed by atoms with Gasteiger partial charge in [0.2, 0.25) is 0 Å². The summed E-state index contributed by atoms with van der Waals surface area (Å²) in [7, 11) is 0. The van der Waals surface area contributed by atoms with Crippen molar-refractivity contribution in [2.24, 2.45) is 40.4 Å². The Morgan fingerprint density at radius 3 is 2.18 bits per heavy atom. The van der Waals surface area contributed by atoms with Crippen molar-refractivity contribution in [3.8, 4) is 0 Å². The van der Waals surface area contributed by atoms with Gasteiger partial charge in [0.15, 0.2) is 0 Å². The van der Waals surface area contributed by atoms with E-state index in [-0.39, 0.29) is 16.7 Å². The molecule has 0 heteroatoms. The minimum Gasteiger partial charge on any atom is -0.129 e. The van der Waals surface area contributed by atoms with Gasteiger partial charge in [0, 0.05) is 5.92 Å². The smallest absolute Gasteiger partial charge is 0.0165 e. The Morgan fingerprint density at radius 1 is 0.932 bits per heavy atom. The van der Waals surface area contributed by atoms with Crippen molar-refractivity contribution < 1.29 is 0 Å². The van der Waals surface area contributed by atoms with E-state index in [1.54, 1.807) is 5.57 Å². The lowest BCUT2D eigenvalue weighted by atomic mass is 9.68. The van der Waals surface area contributed by atoms with Gasteiger partial charge in [-0.1, -0.05) is 130 Å². The standard InChI is InChI=1S/C44H74/c1-15-19-20-24-32-44(13,14)39(10)42(26-22-21-23-31-43(11,12)18-4)41(38(9)29-27-35(5)6)30-28-36(7)33-37(8)34-40(17-3)25-16-2/h17-18,21,24,26-28,32,36-39,42H,4,15-16,19-20,23,25,29,31,33-34H2,1-3,5-14H3. The number of hydrogen-bond donors (Lipinski definition) is 0. The normalized spacial score (nSPS) is 15.8. The maximum atomic E-state index is 4.03. The molecule has 0 amide bonds. The Bertz CT molecular complexity index is 1020. The van der Waals surface area contributed by atoms with Gasteiger partial charge >= 0.3 is 0 Å². The molecule has 0 heterocycles. The van der Waals surface area contributed by atoms with Crippen LogP contribution in [0, 0.1) is 40.4 Å². The minimum absolute atomic E-state index is 0.0624. The SMILES string of the molecule is C=CC(C)(C)CCC=C=CC(C(=C=CC(C)CC(C)CC(=CC)CCC)C(C)CC=C(C)C)C(C)C(C)(C)C=CCCCC. The molecule has 0 fully saturated rings. The lowest BCUT2D eigenvalue weighted by molar-refractivity contribution is 0.253. The van der Waals surface area contributed by atoms with Crippen LogP contribution in [0.3, 0.4) is 0 Å². The number of allylic oxidation sites excluding steroid dienone is 9. The quantitative estimate of drug-likeness (QED) is 0.0657. The monoisotopic (exact) mass is 603 g/mol. The van der Waals surface area contributed by atoms with Crippen LogP contribution in [0.15, 0.2) is 83.4 Å². The Balaban J connectivity index is 6.68. The second kappa shape index (κ2) is 22.5. The lowest BCUT2D eigenvalue weighted by Crippen LogP contribution is -2.28. The molecule has 5 unspecified atom stereocenters. The van der Waals surface area contributed by atoms with Crippen LogP contribution in [0.1, 0.15) is 154 Å². The molecule has 0 radical (unpaired) electrons. The molecule has 0 aromatic heterocycles. The van der Waals surface area contributed by atoms with Crippen molar-refractivity contribution in [1.82, 2.24) is 0 Å². The first-order chi connectivity index (χ1) is 20.6. The predicted octanol–water partition coefficient (Wildman–Crippen LogP) is 14.6. The third-order valence-corrected chi connectivity index (χ3v) is 9.53. The largest absolute Gasteiger partial charge is 0.129 e. The fraction of sp³-hybridized carbons (Fsp3) is 0.682. The Morgan fingerprint density at radius 2 is 1.61 bits per heavy atom. The van der Waals surface area contributed by atoms with Gasteiger partial charge in [-0.15, -0.1) is 18.0 Å². The molecule has 0 aliphatic carbocycles. The fourth-order valence-electron chi connectivity index (χ4n) is 5.89. The molecule has 0 rings (SSSR count). The van der Waals surface area contributed by atoms with E-state index in [0.717, 1.165) is 25.7 Å². The highest BCUT2D eigenvalue weighted by Gasteiger charge is 2.32. The first kappa shape index (κ1) is 42.0. The average Bonchev–Trinajstić information content (AvgIpc) is 2.96. The van der Waals surface area contributed by atoms with Crippen molar-refractivity contribution in [2.75, 3.05) is 0 Å². The third-order valence-electron chi connectivity index (χ3n) is 9.53. The van der Waals surface area contributed by atoms with Crippen LogP contribution in [-0.2, 0) is 0 Å². The molecule has 0 N–H and O–H groups in total. The van der Waals surface area contributed by atoms with Crippen molar-refractivity contribution in [3.05, 3.63) is 83.4 Å². The van der Waals surface area contributed by atoms with E-state index in [1.807, 2.05) is 0 Å². The molecule has 0 saturated heterocycles. The Kier molecular flexibility index (Phi) is 21.5. The third kappa shape index (κ3) is 18.1. The van der Waals surface area contributed by atoms with Crippen LogP contribution in [0.2, 0.25) is 0 Å². The van der Waals surface area contributed by atoms with Gasteiger partial charge in [0.05, 0.1) is 0 Å². The van der Waals surface area contributed by atoms with Crippen LogP contribution in [0.5, 0.6) is 0 Å². The Labute approximate surface area is 277 Å². The Hall–Kier alpha value is -2.00. The summed E-state index contributed by atoms with van der Waals surface area (Å²) < 4.78 is 0. The summed E-state index contributed by atoms with van der Waals surface area (Å²) in [4.78, 5) is 0. The summed E-state index contributed by atoms with van der Waals surface area (Å²) in [5.74, 6) is 2.27. The highest BCUT2D eigenvalue weighted by atomic mass is 14.4. The van der Waals surface area contributed by atoms with Gasteiger partial charge in [-0.25, -0.2) is 0 Å². The van der Waals surface area contributed by atoms with E-state index in [2.05, 4.69) is 157 Å². The van der Waals surface area contributed by atoms with E-state index in [9.17, 15) is 0 Å². The fourth-order valence-corrected chi connectivity index (χ4v) is 5.89. The van der Waals surface area contributed by atoms with E-state index < -0.39 is 0 Å². The molecule has 44 heavy (non-hydrogen) atoms. The first-order valence-corrected chi connectivity index (χ1v) is 18.1. The van der Waals surface area contributed by atoms with Gasteiger partial charge in [-0.2, -0.15) is 0 Å². The van der Waals surface area contributed by atoms with Crippen molar-refractivity contribution in [2.45, 2.75) is 154 Å². The highest BCUT2D eigenvalue weighted by molar-refractivity contribution is 5.21. The second-order valence-corrected chi connectivity index (χ2v) is 15.4. The van der Waals surface area contributed by atoms with E-state index in [4.69, 9.17) is 0 Å². The number of hydrogen-bond acceptors (Lipinski definition) is 0. The van der Waals surface area contributed by atoms with Crippen LogP contribution < -0.4 is 0 Å². The molecule has 0 aromatic carbocycles. The van der Waals surface area contributed by atoms with Gasteiger partial charge in [-0.05, 0) is 124 Å². The molecule has 0 aliphatic heterocycles. The van der Waals surface area contributed by atoms with Crippen molar-refractivity contribution in [3.63, 3.8) is 0 Å². The van der Waals surface area contributed by atoms with Gasteiger partial charge < -0.3 is 0 Å². The summed E-state index contributed by atoms with van der Waals surface area (Å²) in [6.45, 7) is 34.2. The zero-order valence-electron chi connectivity index (χ0n) is 31.8. The van der Waals surface area contributed by atoms with Gasteiger partial charge in [-0.3, -0.25) is 0 Å². The summed E-state index contributed by atoms with van der Waals surface area (Å²) in [6.07, 6.45) is 30.4. The molecule has 5 atom stereocenters. The molecular formula is C44H74. The molecule has 0 nitrogen and oxygen atoms in total. The molecule has 0 saturated carbocycles. The van der Waals surface area contributed by atoms with Gasteiger partial charge in [0.25, 0.3) is 0 Å². The van der Waals surface area contributed by atoms with Crippen LogP contribution >= 0.6 is 0 Å². The van der Waals surface area contributed by atoms with Crippen LogP contribution in [0.25, 0.3) is 0 Å². The van der Waals surface area contributed by atoms with Crippen molar-refractivity contribution >= 4 is 0 Å². The summed E-state index contributed by atoms with van der Waals surface area (Å²) in [5, 5.41) is 0. The maximum absolute atomic E-state index is 4.03. The van der Waals surface area contributed by atoms with Gasteiger partial charge in [0.1, 0.15) is 0 Å². The predicted molar refractivity (Wildman–Crippen MR) is 202 cm³/mol. The zero-order valence-corrected chi connectivity index (χ0v) is 31.8. The number of unbranched alkanes of at least 4 members (excludes halogenated alkanes) is 2. The second-order valence-electron chi connectivity index (χ2n) is 15.4. The molecule has 0 aromatic rings.